The van der Waals surface area contributed by atoms with Crippen LogP contribution in [0.3, 0.4) is 0 Å². The summed E-state index contributed by atoms with van der Waals surface area (Å²) >= 11 is 0. The Balaban J connectivity index is 2.39. The highest BCUT2D eigenvalue weighted by molar-refractivity contribution is 4.84. The van der Waals surface area contributed by atoms with Gasteiger partial charge in [-0.2, -0.15) is 0 Å². The van der Waals surface area contributed by atoms with Gasteiger partial charge < -0.3 is 15.6 Å². The number of rotatable bonds is 5. The van der Waals surface area contributed by atoms with Crippen molar-refractivity contribution in [2.45, 2.75) is 70.0 Å². The Labute approximate surface area is 99.4 Å². The van der Waals surface area contributed by atoms with Gasteiger partial charge in [0.15, 0.2) is 0 Å². The fourth-order valence-electron chi connectivity index (χ4n) is 2.30. The molecule has 0 aliphatic heterocycles. The minimum atomic E-state index is -0.638. The fourth-order valence-corrected chi connectivity index (χ4v) is 2.30. The molecule has 3 N–H and O–H groups in total. The SMILES string of the molecule is CC(C)(O)CCOC1(CN)CCCCCC1. The van der Waals surface area contributed by atoms with Crippen LogP contribution >= 0.6 is 0 Å². The average Bonchev–Trinajstić information content (AvgIpc) is 2.42. The van der Waals surface area contributed by atoms with Crippen LogP contribution in [0.4, 0.5) is 0 Å². The van der Waals surface area contributed by atoms with Crippen molar-refractivity contribution in [3.8, 4) is 0 Å². The molecule has 96 valence electrons. The van der Waals surface area contributed by atoms with Gasteiger partial charge in [0.25, 0.3) is 0 Å². The van der Waals surface area contributed by atoms with Gasteiger partial charge in [0.1, 0.15) is 0 Å². The van der Waals surface area contributed by atoms with Gasteiger partial charge in [-0.1, -0.05) is 25.7 Å². The summed E-state index contributed by atoms with van der Waals surface area (Å²) in [5.41, 5.74) is 5.12. The molecule has 1 aliphatic carbocycles. The second-order valence-electron chi connectivity index (χ2n) is 5.71. The molecule has 1 fully saturated rings. The standard InChI is InChI=1S/C13H27NO2/c1-12(2,15)9-10-16-13(11-14)7-5-3-4-6-8-13/h15H,3-11,14H2,1-2H3. The van der Waals surface area contributed by atoms with Crippen molar-refractivity contribution in [3.63, 3.8) is 0 Å². The zero-order chi connectivity index (χ0) is 12.1. The lowest BCUT2D eigenvalue weighted by molar-refractivity contribution is -0.0697. The van der Waals surface area contributed by atoms with Gasteiger partial charge >= 0.3 is 0 Å². The number of hydrogen-bond donors (Lipinski definition) is 2. The summed E-state index contributed by atoms with van der Waals surface area (Å²) < 4.78 is 5.99. The first-order chi connectivity index (χ1) is 7.47. The quantitative estimate of drug-likeness (QED) is 0.711. The molecule has 1 rings (SSSR count). The van der Waals surface area contributed by atoms with E-state index < -0.39 is 5.60 Å². The molecule has 1 aliphatic rings. The summed E-state index contributed by atoms with van der Waals surface area (Å²) in [7, 11) is 0. The van der Waals surface area contributed by atoms with Crippen LogP contribution in [-0.4, -0.2) is 29.5 Å². The molecular weight excluding hydrogens is 202 g/mol. The van der Waals surface area contributed by atoms with Crippen molar-refractivity contribution >= 4 is 0 Å². The van der Waals surface area contributed by atoms with Crippen LogP contribution in [0.15, 0.2) is 0 Å². The van der Waals surface area contributed by atoms with Crippen LogP contribution in [0.2, 0.25) is 0 Å². The molecule has 0 aromatic rings. The molecular formula is C13H27NO2. The van der Waals surface area contributed by atoms with Crippen LogP contribution in [-0.2, 0) is 4.74 Å². The van der Waals surface area contributed by atoms with E-state index in [9.17, 15) is 5.11 Å². The molecule has 0 heterocycles. The Morgan fingerprint density at radius 3 is 2.19 bits per heavy atom. The summed E-state index contributed by atoms with van der Waals surface area (Å²) in [5.74, 6) is 0. The minimum absolute atomic E-state index is 0.109. The lowest BCUT2D eigenvalue weighted by Crippen LogP contribution is -2.41. The van der Waals surface area contributed by atoms with Crippen LogP contribution in [0, 0.1) is 0 Å². The van der Waals surface area contributed by atoms with Gasteiger partial charge in [-0.25, -0.2) is 0 Å². The lowest BCUT2D eigenvalue weighted by Gasteiger charge is -2.32. The van der Waals surface area contributed by atoms with E-state index in [4.69, 9.17) is 10.5 Å². The monoisotopic (exact) mass is 229 g/mol. The topological polar surface area (TPSA) is 55.5 Å². The summed E-state index contributed by atoms with van der Waals surface area (Å²) in [6.07, 6.45) is 7.88. The number of ether oxygens (including phenoxy) is 1. The van der Waals surface area contributed by atoms with Crippen molar-refractivity contribution < 1.29 is 9.84 Å². The fraction of sp³-hybridized carbons (Fsp3) is 1.00. The normalized spacial score (nSPS) is 21.8. The maximum absolute atomic E-state index is 9.65. The van der Waals surface area contributed by atoms with E-state index in [1.807, 2.05) is 13.8 Å². The molecule has 3 nitrogen and oxygen atoms in total. The van der Waals surface area contributed by atoms with Crippen LogP contribution < -0.4 is 5.73 Å². The third kappa shape index (κ3) is 4.81. The maximum Gasteiger partial charge on any atom is 0.0804 e. The second kappa shape index (κ2) is 5.99. The third-order valence-electron chi connectivity index (χ3n) is 3.51. The Kier molecular flexibility index (Phi) is 5.22. The average molecular weight is 229 g/mol. The Morgan fingerprint density at radius 2 is 1.75 bits per heavy atom. The highest BCUT2D eigenvalue weighted by Gasteiger charge is 2.30. The molecule has 0 bridgehead atoms. The van der Waals surface area contributed by atoms with Gasteiger partial charge in [-0.15, -0.1) is 0 Å². The summed E-state index contributed by atoms with van der Waals surface area (Å²) in [5, 5.41) is 9.65. The second-order valence-corrected chi connectivity index (χ2v) is 5.71. The van der Waals surface area contributed by atoms with E-state index in [1.165, 1.54) is 25.7 Å². The van der Waals surface area contributed by atoms with E-state index in [2.05, 4.69) is 0 Å². The van der Waals surface area contributed by atoms with E-state index in [-0.39, 0.29) is 5.60 Å². The van der Waals surface area contributed by atoms with Gasteiger partial charge in [-0.3, -0.25) is 0 Å². The van der Waals surface area contributed by atoms with E-state index in [1.54, 1.807) is 0 Å². The number of aliphatic hydroxyl groups is 1. The smallest absolute Gasteiger partial charge is 0.0804 e. The summed E-state index contributed by atoms with van der Waals surface area (Å²) in [6, 6.07) is 0. The Morgan fingerprint density at radius 1 is 1.19 bits per heavy atom. The van der Waals surface area contributed by atoms with Crippen LogP contribution in [0.5, 0.6) is 0 Å². The minimum Gasteiger partial charge on any atom is -0.390 e. The lowest BCUT2D eigenvalue weighted by atomic mass is 9.94. The third-order valence-corrected chi connectivity index (χ3v) is 3.51. The molecule has 0 saturated heterocycles. The zero-order valence-electron chi connectivity index (χ0n) is 10.8. The largest absolute Gasteiger partial charge is 0.390 e. The highest BCUT2D eigenvalue weighted by Crippen LogP contribution is 2.30. The molecule has 0 unspecified atom stereocenters. The van der Waals surface area contributed by atoms with Crippen molar-refractivity contribution in [2.75, 3.05) is 13.2 Å². The Hall–Kier alpha value is -0.120. The van der Waals surface area contributed by atoms with Gasteiger partial charge in [0, 0.05) is 6.54 Å². The molecule has 0 aromatic carbocycles. The van der Waals surface area contributed by atoms with Crippen molar-refractivity contribution in [1.29, 1.82) is 0 Å². The van der Waals surface area contributed by atoms with Gasteiger partial charge in [0.2, 0.25) is 0 Å². The van der Waals surface area contributed by atoms with Crippen LogP contribution in [0.25, 0.3) is 0 Å². The van der Waals surface area contributed by atoms with Crippen LogP contribution in [0.1, 0.15) is 58.8 Å². The van der Waals surface area contributed by atoms with E-state index >= 15 is 0 Å². The Bertz CT molecular complexity index is 191. The molecule has 0 atom stereocenters. The van der Waals surface area contributed by atoms with Gasteiger partial charge in [0.05, 0.1) is 17.8 Å². The number of hydrogen-bond acceptors (Lipinski definition) is 3. The van der Waals surface area contributed by atoms with Crippen molar-refractivity contribution in [3.05, 3.63) is 0 Å². The predicted molar refractivity (Wildman–Crippen MR) is 66.4 cm³/mol. The first-order valence-corrected chi connectivity index (χ1v) is 6.54. The first-order valence-electron chi connectivity index (χ1n) is 6.54. The highest BCUT2D eigenvalue weighted by atomic mass is 16.5. The maximum atomic E-state index is 9.65. The van der Waals surface area contributed by atoms with E-state index in [0.717, 1.165) is 12.8 Å². The predicted octanol–water partition coefficient (Wildman–Crippen LogP) is 2.22. The first kappa shape index (κ1) is 13.9. The molecule has 0 aromatic heterocycles. The molecule has 0 spiro atoms. The molecule has 3 heteroatoms. The van der Waals surface area contributed by atoms with Crippen molar-refractivity contribution in [1.82, 2.24) is 0 Å². The molecule has 16 heavy (non-hydrogen) atoms. The molecule has 0 radical (unpaired) electrons. The summed E-state index contributed by atoms with van der Waals surface area (Å²) in [4.78, 5) is 0. The molecule has 1 saturated carbocycles. The molecule has 0 amide bonds. The van der Waals surface area contributed by atoms with Crippen molar-refractivity contribution in [2.24, 2.45) is 5.73 Å². The number of nitrogens with two attached hydrogens (primary N) is 1. The zero-order valence-corrected chi connectivity index (χ0v) is 10.8. The summed E-state index contributed by atoms with van der Waals surface area (Å²) in [6.45, 7) is 4.86. The van der Waals surface area contributed by atoms with Gasteiger partial charge in [-0.05, 0) is 33.1 Å². The van der Waals surface area contributed by atoms with E-state index in [0.29, 0.717) is 19.6 Å².